The van der Waals surface area contributed by atoms with Crippen molar-refractivity contribution < 1.29 is 27.9 Å². The Morgan fingerprint density at radius 1 is 1.14 bits per heavy atom. The first kappa shape index (κ1) is 18.0. The normalized spacial score (nSPS) is 11.9. The van der Waals surface area contributed by atoms with Gasteiger partial charge in [0.2, 0.25) is 0 Å². The quantitative estimate of drug-likeness (QED) is 0.669. The summed E-state index contributed by atoms with van der Waals surface area (Å²) in [6, 6.07) is 4.89. The average Bonchev–Trinajstić information content (AvgIpc) is 2.37. The molecule has 5 nitrogen and oxygen atoms in total. The zero-order valence-corrected chi connectivity index (χ0v) is 12.9. The van der Waals surface area contributed by atoms with Crippen LogP contribution in [-0.4, -0.2) is 24.6 Å². The standard InChI is InChI=1S/C15H19F2NO4/c1-14(2,3)22-12(19)9-10-5-7-11(8-6-10)15(16,17)13(20)18-21-4/h5-8H,9H2,1-4H3,(H,18,20). The molecule has 1 amide bonds. The minimum atomic E-state index is -3.72. The van der Waals surface area contributed by atoms with Crippen LogP contribution in [0.15, 0.2) is 24.3 Å². The van der Waals surface area contributed by atoms with Gasteiger partial charge in [0.25, 0.3) is 0 Å². The van der Waals surface area contributed by atoms with Crippen molar-refractivity contribution in [1.82, 2.24) is 5.48 Å². The first-order valence-corrected chi connectivity index (χ1v) is 6.59. The van der Waals surface area contributed by atoms with Gasteiger partial charge in [-0.05, 0) is 26.3 Å². The summed E-state index contributed by atoms with van der Waals surface area (Å²) < 4.78 is 32.7. The van der Waals surface area contributed by atoms with Crippen molar-refractivity contribution in [2.45, 2.75) is 38.7 Å². The van der Waals surface area contributed by atoms with E-state index >= 15 is 0 Å². The molecular weight excluding hydrogens is 296 g/mol. The molecule has 1 rings (SSSR count). The van der Waals surface area contributed by atoms with Gasteiger partial charge in [-0.25, -0.2) is 5.48 Å². The van der Waals surface area contributed by atoms with E-state index < -0.39 is 29.0 Å². The fourth-order valence-electron chi connectivity index (χ4n) is 1.66. The number of nitrogens with one attached hydrogen (secondary N) is 1. The van der Waals surface area contributed by atoms with Crippen LogP contribution in [0.5, 0.6) is 0 Å². The third-order valence-corrected chi connectivity index (χ3v) is 2.56. The summed E-state index contributed by atoms with van der Waals surface area (Å²) in [5, 5.41) is 0. The Bertz CT molecular complexity index is 535. The summed E-state index contributed by atoms with van der Waals surface area (Å²) >= 11 is 0. The number of ether oxygens (including phenoxy) is 1. The van der Waals surface area contributed by atoms with Crippen molar-refractivity contribution in [3.05, 3.63) is 35.4 Å². The predicted octanol–water partition coefficient (Wildman–Crippen LogP) is 2.34. The Labute approximate surface area is 127 Å². The Morgan fingerprint density at radius 2 is 1.68 bits per heavy atom. The van der Waals surface area contributed by atoms with Crippen molar-refractivity contribution in [2.24, 2.45) is 0 Å². The fraction of sp³-hybridized carbons (Fsp3) is 0.467. The van der Waals surface area contributed by atoms with Crippen molar-refractivity contribution in [3.63, 3.8) is 0 Å². The molecule has 122 valence electrons. The molecule has 0 aliphatic carbocycles. The zero-order chi connectivity index (χ0) is 17.0. The van der Waals surface area contributed by atoms with E-state index in [1.807, 2.05) is 0 Å². The van der Waals surface area contributed by atoms with Gasteiger partial charge in [-0.15, -0.1) is 0 Å². The molecule has 7 heteroatoms. The van der Waals surface area contributed by atoms with E-state index in [9.17, 15) is 18.4 Å². The highest BCUT2D eigenvalue weighted by atomic mass is 19.3. The summed E-state index contributed by atoms with van der Waals surface area (Å²) in [5.41, 5.74) is 1.01. The van der Waals surface area contributed by atoms with E-state index in [1.165, 1.54) is 12.1 Å². The summed E-state index contributed by atoms with van der Waals surface area (Å²) in [6.45, 7) is 5.22. The third-order valence-electron chi connectivity index (χ3n) is 2.56. The molecule has 1 aromatic rings. The number of hydroxylamine groups is 1. The molecule has 0 fully saturated rings. The molecule has 0 aromatic heterocycles. The highest BCUT2D eigenvalue weighted by Crippen LogP contribution is 2.28. The van der Waals surface area contributed by atoms with Gasteiger partial charge in [0.1, 0.15) is 5.60 Å². The molecular formula is C15H19F2NO4. The SMILES string of the molecule is CONC(=O)C(F)(F)c1ccc(CC(=O)OC(C)(C)C)cc1. The van der Waals surface area contributed by atoms with Gasteiger partial charge in [-0.1, -0.05) is 24.3 Å². The Morgan fingerprint density at radius 3 is 2.14 bits per heavy atom. The van der Waals surface area contributed by atoms with Crippen LogP contribution in [-0.2, 0) is 31.5 Å². The largest absolute Gasteiger partial charge is 0.460 e. The van der Waals surface area contributed by atoms with Gasteiger partial charge in [0, 0.05) is 5.56 Å². The maximum absolute atomic E-state index is 13.8. The molecule has 0 spiro atoms. The van der Waals surface area contributed by atoms with Crippen LogP contribution in [0.4, 0.5) is 8.78 Å². The summed E-state index contributed by atoms with van der Waals surface area (Å²) in [7, 11) is 1.07. The summed E-state index contributed by atoms with van der Waals surface area (Å²) in [6.07, 6.45) is -0.0343. The first-order valence-electron chi connectivity index (χ1n) is 6.59. The number of carbonyl (C=O) groups is 2. The van der Waals surface area contributed by atoms with E-state index in [2.05, 4.69) is 4.84 Å². The number of amides is 1. The molecule has 0 bridgehead atoms. The molecule has 0 unspecified atom stereocenters. The first-order chi connectivity index (χ1) is 10.1. The van der Waals surface area contributed by atoms with Crippen molar-refractivity contribution in [1.29, 1.82) is 0 Å². The number of esters is 1. The number of alkyl halides is 2. The second kappa shape index (κ2) is 6.83. The van der Waals surface area contributed by atoms with Gasteiger partial charge in [-0.2, -0.15) is 8.78 Å². The van der Waals surface area contributed by atoms with Gasteiger partial charge in [-0.3, -0.25) is 14.4 Å². The summed E-state index contributed by atoms with van der Waals surface area (Å²) in [5.74, 6) is -5.74. The van der Waals surface area contributed by atoms with E-state index in [-0.39, 0.29) is 6.42 Å². The van der Waals surface area contributed by atoms with Crippen molar-refractivity contribution in [3.8, 4) is 0 Å². The van der Waals surface area contributed by atoms with E-state index in [0.717, 1.165) is 19.2 Å². The Hall–Kier alpha value is -2.02. The Kier molecular flexibility index (Phi) is 5.59. The number of benzene rings is 1. The minimum absolute atomic E-state index is 0.0343. The van der Waals surface area contributed by atoms with E-state index in [1.54, 1.807) is 26.3 Å². The van der Waals surface area contributed by atoms with Gasteiger partial charge in [0.05, 0.1) is 13.5 Å². The molecule has 1 N–H and O–H groups in total. The predicted molar refractivity (Wildman–Crippen MR) is 75.0 cm³/mol. The smallest absolute Gasteiger partial charge is 0.351 e. The average molecular weight is 315 g/mol. The molecule has 22 heavy (non-hydrogen) atoms. The Balaban J connectivity index is 2.78. The van der Waals surface area contributed by atoms with Crippen LogP contribution < -0.4 is 5.48 Å². The van der Waals surface area contributed by atoms with Crippen LogP contribution in [0.1, 0.15) is 31.9 Å². The minimum Gasteiger partial charge on any atom is -0.460 e. The van der Waals surface area contributed by atoms with Crippen LogP contribution in [0.25, 0.3) is 0 Å². The molecule has 0 aliphatic heterocycles. The highest BCUT2D eigenvalue weighted by molar-refractivity contribution is 5.83. The van der Waals surface area contributed by atoms with Gasteiger partial charge < -0.3 is 4.74 Å². The number of hydrogen-bond acceptors (Lipinski definition) is 4. The van der Waals surface area contributed by atoms with E-state index in [4.69, 9.17) is 4.74 Å². The molecule has 0 saturated carbocycles. The molecule has 0 radical (unpaired) electrons. The fourth-order valence-corrected chi connectivity index (χ4v) is 1.66. The van der Waals surface area contributed by atoms with Crippen LogP contribution in [0, 0.1) is 0 Å². The lowest BCUT2D eigenvalue weighted by atomic mass is 10.0. The maximum atomic E-state index is 13.8. The number of hydrogen-bond donors (Lipinski definition) is 1. The lowest BCUT2D eigenvalue weighted by Gasteiger charge is -2.19. The lowest BCUT2D eigenvalue weighted by molar-refractivity contribution is -0.158. The number of rotatable bonds is 5. The topological polar surface area (TPSA) is 64.6 Å². The molecule has 1 aromatic carbocycles. The van der Waals surface area contributed by atoms with Crippen LogP contribution in [0.3, 0.4) is 0 Å². The second-order valence-corrected chi connectivity index (χ2v) is 5.67. The van der Waals surface area contributed by atoms with Crippen molar-refractivity contribution >= 4 is 11.9 Å². The third kappa shape index (κ3) is 5.07. The lowest BCUT2D eigenvalue weighted by Crippen LogP contribution is -2.37. The molecule has 0 aliphatic rings. The monoisotopic (exact) mass is 315 g/mol. The van der Waals surface area contributed by atoms with Crippen LogP contribution in [0.2, 0.25) is 0 Å². The number of halogens is 2. The van der Waals surface area contributed by atoms with Crippen molar-refractivity contribution in [2.75, 3.05) is 7.11 Å². The molecule has 0 atom stereocenters. The van der Waals surface area contributed by atoms with Gasteiger partial charge >= 0.3 is 17.8 Å². The highest BCUT2D eigenvalue weighted by Gasteiger charge is 2.41. The maximum Gasteiger partial charge on any atom is 0.351 e. The van der Waals surface area contributed by atoms with Crippen LogP contribution >= 0.6 is 0 Å². The van der Waals surface area contributed by atoms with E-state index in [0.29, 0.717) is 5.56 Å². The zero-order valence-electron chi connectivity index (χ0n) is 12.9. The molecule has 0 saturated heterocycles. The summed E-state index contributed by atoms with van der Waals surface area (Å²) in [4.78, 5) is 27.1. The molecule has 0 heterocycles. The number of carbonyl (C=O) groups excluding carboxylic acids is 2. The second-order valence-electron chi connectivity index (χ2n) is 5.67. The van der Waals surface area contributed by atoms with Gasteiger partial charge in [0.15, 0.2) is 0 Å².